The summed E-state index contributed by atoms with van der Waals surface area (Å²) in [6.07, 6.45) is 6.24. The third-order valence-electron chi connectivity index (χ3n) is 2.74. The number of hydrogen-bond acceptors (Lipinski definition) is 2. The highest BCUT2D eigenvalue weighted by Gasteiger charge is 2.23. The first kappa shape index (κ1) is 12.5. The van der Waals surface area contributed by atoms with E-state index in [0.717, 1.165) is 25.7 Å². The van der Waals surface area contributed by atoms with Crippen molar-refractivity contribution in [3.8, 4) is 0 Å². The van der Waals surface area contributed by atoms with Crippen LogP contribution in [0.15, 0.2) is 25.3 Å². The Labute approximate surface area is 95.8 Å². The number of hydrogen-bond donors (Lipinski definition) is 2. The highest BCUT2D eigenvalue weighted by atomic mass is 16.2. The maximum absolute atomic E-state index is 11.1. The second-order valence-corrected chi connectivity index (χ2v) is 3.99. The van der Waals surface area contributed by atoms with Gasteiger partial charge in [0, 0.05) is 12.1 Å². The van der Waals surface area contributed by atoms with Gasteiger partial charge in [0.2, 0.25) is 11.8 Å². The lowest BCUT2D eigenvalue weighted by atomic mass is 9.91. The molecule has 0 spiro atoms. The number of nitrogens with one attached hydrogen (secondary N) is 2. The van der Waals surface area contributed by atoms with Crippen LogP contribution in [0, 0.1) is 0 Å². The first-order valence-corrected chi connectivity index (χ1v) is 5.51. The first-order valence-electron chi connectivity index (χ1n) is 5.51. The van der Waals surface area contributed by atoms with Gasteiger partial charge in [-0.25, -0.2) is 0 Å². The molecule has 16 heavy (non-hydrogen) atoms. The smallest absolute Gasteiger partial charge is 0.243 e. The summed E-state index contributed by atoms with van der Waals surface area (Å²) in [4.78, 5) is 22.3. The molecule has 0 bridgehead atoms. The molecular weight excluding hydrogens is 204 g/mol. The number of rotatable bonds is 4. The quantitative estimate of drug-likeness (QED) is 0.694. The Hall–Kier alpha value is -1.58. The van der Waals surface area contributed by atoms with Crippen molar-refractivity contribution in [1.82, 2.24) is 10.6 Å². The van der Waals surface area contributed by atoms with Gasteiger partial charge in [0.1, 0.15) is 0 Å². The van der Waals surface area contributed by atoms with Crippen LogP contribution < -0.4 is 10.6 Å². The minimum absolute atomic E-state index is 0.134. The van der Waals surface area contributed by atoms with Crippen LogP contribution in [0.2, 0.25) is 0 Å². The third-order valence-corrected chi connectivity index (χ3v) is 2.74. The van der Waals surface area contributed by atoms with Crippen molar-refractivity contribution < 1.29 is 9.59 Å². The molecule has 2 atom stereocenters. The Morgan fingerprint density at radius 1 is 1.00 bits per heavy atom. The normalized spacial score (nSPS) is 24.2. The van der Waals surface area contributed by atoms with Gasteiger partial charge < -0.3 is 10.6 Å². The molecule has 2 N–H and O–H groups in total. The highest BCUT2D eigenvalue weighted by molar-refractivity contribution is 5.87. The second kappa shape index (κ2) is 6.10. The van der Waals surface area contributed by atoms with E-state index < -0.39 is 0 Å². The van der Waals surface area contributed by atoms with Gasteiger partial charge in [-0.2, -0.15) is 0 Å². The monoisotopic (exact) mass is 222 g/mol. The van der Waals surface area contributed by atoms with Gasteiger partial charge in [-0.3, -0.25) is 9.59 Å². The van der Waals surface area contributed by atoms with Crippen molar-refractivity contribution in [3.05, 3.63) is 25.3 Å². The predicted octanol–water partition coefficient (Wildman–Crippen LogP) is 0.902. The Bertz CT molecular complexity index is 271. The molecule has 0 radical (unpaired) electrons. The minimum Gasteiger partial charge on any atom is -0.350 e. The SMILES string of the molecule is C=CC(=O)NC1CCCC(NC(=O)C=C)C1. The van der Waals surface area contributed by atoms with Crippen LogP contribution in [0.1, 0.15) is 25.7 Å². The van der Waals surface area contributed by atoms with E-state index in [0.29, 0.717) is 0 Å². The number of amides is 2. The van der Waals surface area contributed by atoms with Crippen LogP contribution in [0.5, 0.6) is 0 Å². The van der Waals surface area contributed by atoms with E-state index in [1.807, 2.05) is 0 Å². The van der Waals surface area contributed by atoms with Crippen molar-refractivity contribution >= 4 is 11.8 Å². The molecule has 2 unspecified atom stereocenters. The summed E-state index contributed by atoms with van der Waals surface area (Å²) >= 11 is 0. The average Bonchev–Trinajstić information content (AvgIpc) is 2.29. The topological polar surface area (TPSA) is 58.2 Å². The molecular formula is C12H18N2O2. The van der Waals surface area contributed by atoms with E-state index in [1.165, 1.54) is 12.2 Å². The lowest BCUT2D eigenvalue weighted by Crippen LogP contribution is -2.45. The standard InChI is InChI=1S/C12H18N2O2/c1-3-11(15)13-9-6-5-7-10(8-9)14-12(16)4-2/h3-4,9-10H,1-2,5-8H2,(H,13,15)(H,14,16). The van der Waals surface area contributed by atoms with Crippen LogP contribution >= 0.6 is 0 Å². The molecule has 88 valence electrons. The van der Waals surface area contributed by atoms with Crippen LogP contribution in [0.25, 0.3) is 0 Å². The molecule has 0 aromatic carbocycles. The molecule has 1 fully saturated rings. The van der Waals surface area contributed by atoms with Gasteiger partial charge in [-0.15, -0.1) is 0 Å². The van der Waals surface area contributed by atoms with Gasteiger partial charge in [0.15, 0.2) is 0 Å². The Morgan fingerprint density at radius 2 is 1.44 bits per heavy atom. The van der Waals surface area contributed by atoms with E-state index in [2.05, 4.69) is 23.8 Å². The third kappa shape index (κ3) is 3.88. The van der Waals surface area contributed by atoms with Crippen LogP contribution in [-0.2, 0) is 9.59 Å². The van der Waals surface area contributed by atoms with E-state index in [9.17, 15) is 9.59 Å². The molecule has 0 aromatic rings. The molecule has 1 rings (SSSR count). The lowest BCUT2D eigenvalue weighted by Gasteiger charge is -2.29. The fourth-order valence-electron chi connectivity index (χ4n) is 1.97. The maximum atomic E-state index is 11.1. The minimum atomic E-state index is -0.152. The van der Waals surface area contributed by atoms with Crippen molar-refractivity contribution in [1.29, 1.82) is 0 Å². The summed E-state index contributed by atoms with van der Waals surface area (Å²) in [5, 5.41) is 5.71. The fourth-order valence-corrected chi connectivity index (χ4v) is 1.97. The molecule has 0 aromatic heterocycles. The van der Waals surface area contributed by atoms with Crippen molar-refractivity contribution in [2.24, 2.45) is 0 Å². The molecule has 4 nitrogen and oxygen atoms in total. The number of carbonyl (C=O) groups excluding carboxylic acids is 2. The lowest BCUT2D eigenvalue weighted by molar-refractivity contribution is -0.117. The van der Waals surface area contributed by atoms with Crippen molar-refractivity contribution in [2.45, 2.75) is 37.8 Å². The zero-order valence-electron chi connectivity index (χ0n) is 9.37. The Kier molecular flexibility index (Phi) is 4.76. The van der Waals surface area contributed by atoms with Gasteiger partial charge in [-0.05, 0) is 37.8 Å². The summed E-state index contributed by atoms with van der Waals surface area (Å²) < 4.78 is 0. The number of carbonyl (C=O) groups is 2. The van der Waals surface area contributed by atoms with Crippen LogP contribution in [0.3, 0.4) is 0 Å². The second-order valence-electron chi connectivity index (χ2n) is 3.99. The maximum Gasteiger partial charge on any atom is 0.243 e. The Morgan fingerprint density at radius 3 is 1.81 bits per heavy atom. The summed E-state index contributed by atoms with van der Waals surface area (Å²) in [6, 6.07) is 0.267. The molecule has 2 amide bonds. The van der Waals surface area contributed by atoms with Crippen LogP contribution in [-0.4, -0.2) is 23.9 Å². The molecule has 0 heterocycles. The predicted molar refractivity (Wildman–Crippen MR) is 62.7 cm³/mol. The summed E-state index contributed by atoms with van der Waals surface area (Å²) in [7, 11) is 0. The van der Waals surface area contributed by atoms with E-state index in [4.69, 9.17) is 0 Å². The summed E-state index contributed by atoms with van der Waals surface area (Å²) in [5.74, 6) is -0.304. The fraction of sp³-hybridized carbons (Fsp3) is 0.500. The van der Waals surface area contributed by atoms with Crippen molar-refractivity contribution in [2.75, 3.05) is 0 Å². The van der Waals surface area contributed by atoms with Crippen molar-refractivity contribution in [3.63, 3.8) is 0 Å². The van der Waals surface area contributed by atoms with Gasteiger partial charge in [0.05, 0.1) is 0 Å². The van der Waals surface area contributed by atoms with Gasteiger partial charge >= 0.3 is 0 Å². The van der Waals surface area contributed by atoms with E-state index >= 15 is 0 Å². The molecule has 1 aliphatic carbocycles. The largest absolute Gasteiger partial charge is 0.350 e. The summed E-state index contributed by atoms with van der Waals surface area (Å²) in [5.41, 5.74) is 0. The van der Waals surface area contributed by atoms with E-state index in [-0.39, 0.29) is 23.9 Å². The molecule has 4 heteroatoms. The molecule has 1 saturated carbocycles. The zero-order valence-corrected chi connectivity index (χ0v) is 9.37. The summed E-state index contributed by atoms with van der Waals surface area (Å²) in [6.45, 7) is 6.82. The van der Waals surface area contributed by atoms with E-state index in [1.54, 1.807) is 0 Å². The molecule has 1 aliphatic rings. The Balaban J connectivity index is 2.40. The van der Waals surface area contributed by atoms with Gasteiger partial charge in [-0.1, -0.05) is 13.2 Å². The molecule has 0 aliphatic heterocycles. The average molecular weight is 222 g/mol. The molecule has 0 saturated heterocycles. The van der Waals surface area contributed by atoms with Gasteiger partial charge in [0.25, 0.3) is 0 Å². The van der Waals surface area contributed by atoms with Crippen LogP contribution in [0.4, 0.5) is 0 Å². The highest BCUT2D eigenvalue weighted by Crippen LogP contribution is 2.18. The first-order chi connectivity index (χ1) is 7.65. The zero-order chi connectivity index (χ0) is 12.0.